The molecule has 0 bridgehead atoms. The molecular formula is C17H12Cl2N2O3. The van der Waals surface area contributed by atoms with E-state index < -0.39 is 5.91 Å². The molecule has 1 aromatic heterocycles. The number of carbonyl (C=O) groups excluding carboxylic acids is 1. The number of amides is 1. The Bertz CT molecular complexity index is 893. The number of rotatable bonds is 4. The number of nitrogens with one attached hydrogen (secondary N) is 1. The fraction of sp³-hybridized carbons (Fsp3) is 0.0588. The van der Waals surface area contributed by atoms with Crippen LogP contribution in [0.3, 0.4) is 0 Å². The number of anilines is 1. The van der Waals surface area contributed by atoms with E-state index in [1.807, 2.05) is 6.07 Å². The third-order valence-electron chi connectivity index (χ3n) is 3.26. The van der Waals surface area contributed by atoms with Crippen LogP contribution >= 0.6 is 23.2 Å². The number of hydrogen-bond acceptors (Lipinski definition) is 4. The number of ether oxygens (including phenoxy) is 1. The minimum atomic E-state index is -0.409. The van der Waals surface area contributed by atoms with Crippen LogP contribution in [0.5, 0.6) is 5.75 Å². The lowest BCUT2D eigenvalue weighted by Gasteiger charge is -2.06. The highest BCUT2D eigenvalue weighted by atomic mass is 35.5. The molecule has 122 valence electrons. The van der Waals surface area contributed by atoms with E-state index in [1.165, 1.54) is 7.11 Å². The van der Waals surface area contributed by atoms with Crippen LogP contribution in [0.4, 0.5) is 5.69 Å². The van der Waals surface area contributed by atoms with Gasteiger partial charge in [-0.2, -0.15) is 0 Å². The van der Waals surface area contributed by atoms with Crippen LogP contribution in [0.1, 0.15) is 10.5 Å². The lowest BCUT2D eigenvalue weighted by atomic mass is 10.1. The highest BCUT2D eigenvalue weighted by Gasteiger charge is 2.15. The molecule has 7 heteroatoms. The van der Waals surface area contributed by atoms with Gasteiger partial charge in [0.25, 0.3) is 5.91 Å². The first-order chi connectivity index (χ1) is 11.6. The fourth-order valence-corrected chi connectivity index (χ4v) is 2.55. The van der Waals surface area contributed by atoms with E-state index in [2.05, 4.69) is 10.5 Å². The Morgan fingerprint density at radius 2 is 2.00 bits per heavy atom. The van der Waals surface area contributed by atoms with Gasteiger partial charge in [-0.25, -0.2) is 0 Å². The summed E-state index contributed by atoms with van der Waals surface area (Å²) in [5.74, 6) is 0.572. The van der Waals surface area contributed by atoms with Gasteiger partial charge in [-0.3, -0.25) is 4.79 Å². The number of aromatic nitrogens is 1. The summed E-state index contributed by atoms with van der Waals surface area (Å²) >= 11 is 12.0. The molecule has 1 amide bonds. The number of nitrogens with zero attached hydrogens (tertiary/aromatic N) is 1. The molecule has 0 aliphatic rings. The van der Waals surface area contributed by atoms with Gasteiger partial charge in [-0.05, 0) is 30.3 Å². The Morgan fingerprint density at radius 3 is 2.71 bits per heavy atom. The van der Waals surface area contributed by atoms with E-state index in [9.17, 15) is 4.79 Å². The molecule has 24 heavy (non-hydrogen) atoms. The first-order valence-electron chi connectivity index (χ1n) is 6.94. The maximum atomic E-state index is 12.3. The van der Waals surface area contributed by atoms with Crippen molar-refractivity contribution in [3.8, 4) is 17.1 Å². The number of hydrogen-bond donors (Lipinski definition) is 1. The van der Waals surface area contributed by atoms with Crippen molar-refractivity contribution >= 4 is 34.8 Å². The van der Waals surface area contributed by atoms with Crippen molar-refractivity contribution in [1.82, 2.24) is 5.16 Å². The molecule has 0 spiro atoms. The molecule has 0 unspecified atom stereocenters. The minimum absolute atomic E-state index is 0.150. The van der Waals surface area contributed by atoms with E-state index >= 15 is 0 Å². The third kappa shape index (κ3) is 3.53. The maximum absolute atomic E-state index is 12.3. The summed E-state index contributed by atoms with van der Waals surface area (Å²) in [7, 11) is 1.52. The second-order valence-corrected chi connectivity index (χ2v) is 5.73. The molecule has 0 fully saturated rings. The number of halogens is 2. The molecule has 1 N–H and O–H groups in total. The van der Waals surface area contributed by atoms with Gasteiger partial charge in [0, 0.05) is 22.3 Å². The maximum Gasteiger partial charge on any atom is 0.277 e. The molecule has 1 heterocycles. The molecule has 0 aliphatic carbocycles. The lowest BCUT2D eigenvalue weighted by Crippen LogP contribution is -2.12. The quantitative estimate of drug-likeness (QED) is 0.715. The van der Waals surface area contributed by atoms with Crippen LogP contribution in [-0.4, -0.2) is 18.2 Å². The smallest absolute Gasteiger partial charge is 0.277 e. The van der Waals surface area contributed by atoms with Crippen molar-refractivity contribution in [2.45, 2.75) is 0 Å². The first kappa shape index (κ1) is 16.4. The second-order valence-electron chi connectivity index (χ2n) is 4.89. The molecule has 5 nitrogen and oxygen atoms in total. The predicted molar refractivity (Wildman–Crippen MR) is 92.9 cm³/mol. The van der Waals surface area contributed by atoms with Gasteiger partial charge >= 0.3 is 0 Å². The van der Waals surface area contributed by atoms with E-state index in [1.54, 1.807) is 42.5 Å². The fourth-order valence-electron chi connectivity index (χ4n) is 2.10. The Labute approximate surface area is 148 Å². The second kappa shape index (κ2) is 6.95. The molecule has 0 saturated heterocycles. The first-order valence-corrected chi connectivity index (χ1v) is 7.70. The zero-order valence-electron chi connectivity index (χ0n) is 12.5. The minimum Gasteiger partial charge on any atom is -0.495 e. The molecule has 0 aliphatic heterocycles. The molecule has 3 aromatic rings. The van der Waals surface area contributed by atoms with E-state index in [0.717, 1.165) is 5.56 Å². The largest absolute Gasteiger partial charge is 0.495 e. The molecular weight excluding hydrogens is 351 g/mol. The average molecular weight is 363 g/mol. The van der Waals surface area contributed by atoms with Crippen LogP contribution in [0.15, 0.2) is 53.1 Å². The summed E-state index contributed by atoms with van der Waals surface area (Å²) in [6.45, 7) is 0. The van der Waals surface area contributed by atoms with Crippen molar-refractivity contribution in [3.05, 3.63) is 64.3 Å². The van der Waals surface area contributed by atoms with Crippen LogP contribution in [0.2, 0.25) is 10.0 Å². The predicted octanol–water partition coefficient (Wildman–Crippen LogP) is 4.91. The van der Waals surface area contributed by atoms with Gasteiger partial charge in [0.2, 0.25) is 0 Å². The molecule has 0 radical (unpaired) electrons. The number of methoxy groups -OCH3 is 1. The molecule has 0 saturated carbocycles. The van der Waals surface area contributed by atoms with Gasteiger partial charge in [-0.15, -0.1) is 0 Å². The summed E-state index contributed by atoms with van der Waals surface area (Å²) in [5.41, 5.74) is 1.41. The van der Waals surface area contributed by atoms with Crippen molar-refractivity contribution < 1.29 is 14.1 Å². The molecule has 2 aromatic carbocycles. The normalized spacial score (nSPS) is 10.5. The summed E-state index contributed by atoms with van der Waals surface area (Å²) in [6.07, 6.45) is 0. The van der Waals surface area contributed by atoms with Crippen molar-refractivity contribution in [2.75, 3.05) is 12.4 Å². The van der Waals surface area contributed by atoms with E-state index in [0.29, 0.717) is 27.2 Å². The van der Waals surface area contributed by atoms with Gasteiger partial charge in [0.1, 0.15) is 5.75 Å². The Balaban J connectivity index is 1.78. The van der Waals surface area contributed by atoms with Gasteiger partial charge in [-0.1, -0.05) is 40.5 Å². The molecule has 0 atom stereocenters. The zero-order chi connectivity index (χ0) is 17.1. The summed E-state index contributed by atoms with van der Waals surface area (Å²) in [6, 6.07) is 13.6. The topological polar surface area (TPSA) is 64.4 Å². The average Bonchev–Trinajstić information content (AvgIpc) is 3.05. The number of benzene rings is 2. The van der Waals surface area contributed by atoms with Crippen molar-refractivity contribution in [2.24, 2.45) is 0 Å². The Kier molecular flexibility index (Phi) is 4.74. The highest BCUT2D eigenvalue weighted by Crippen LogP contribution is 2.28. The van der Waals surface area contributed by atoms with Gasteiger partial charge in [0.05, 0.1) is 12.1 Å². The Morgan fingerprint density at radius 1 is 1.17 bits per heavy atom. The van der Waals surface area contributed by atoms with Gasteiger partial charge < -0.3 is 14.6 Å². The van der Waals surface area contributed by atoms with Crippen LogP contribution in [0.25, 0.3) is 11.3 Å². The standard InChI is InChI=1S/C17H12Cl2N2O3/c1-23-15-6-5-12(8-13(15)19)20-17(22)14-9-16(24-21-14)10-3-2-4-11(18)7-10/h2-9H,1H3,(H,20,22). The van der Waals surface area contributed by atoms with E-state index in [-0.39, 0.29) is 5.69 Å². The third-order valence-corrected chi connectivity index (χ3v) is 3.79. The lowest BCUT2D eigenvalue weighted by molar-refractivity contribution is 0.101. The molecule has 3 rings (SSSR count). The van der Waals surface area contributed by atoms with Crippen LogP contribution in [-0.2, 0) is 0 Å². The Hall–Kier alpha value is -2.50. The van der Waals surface area contributed by atoms with Crippen LogP contribution < -0.4 is 10.1 Å². The monoisotopic (exact) mass is 362 g/mol. The highest BCUT2D eigenvalue weighted by molar-refractivity contribution is 6.32. The number of carbonyl (C=O) groups is 1. The zero-order valence-corrected chi connectivity index (χ0v) is 14.1. The van der Waals surface area contributed by atoms with Crippen LogP contribution in [0, 0.1) is 0 Å². The van der Waals surface area contributed by atoms with Gasteiger partial charge in [0.15, 0.2) is 11.5 Å². The summed E-state index contributed by atoms with van der Waals surface area (Å²) in [4.78, 5) is 12.3. The van der Waals surface area contributed by atoms with E-state index in [4.69, 9.17) is 32.5 Å². The summed E-state index contributed by atoms with van der Waals surface area (Å²) in [5, 5.41) is 7.46. The van der Waals surface area contributed by atoms with Crippen molar-refractivity contribution in [3.63, 3.8) is 0 Å². The summed E-state index contributed by atoms with van der Waals surface area (Å²) < 4.78 is 10.3. The SMILES string of the molecule is COc1ccc(NC(=O)c2cc(-c3cccc(Cl)c3)on2)cc1Cl. The van der Waals surface area contributed by atoms with Crippen molar-refractivity contribution in [1.29, 1.82) is 0 Å².